The number of carbonyl (C=O) groups is 7. The molecular weight excluding hydrogens is 1100 g/mol. The monoisotopic (exact) mass is 1170 g/mol. The fourth-order valence-electron chi connectivity index (χ4n) is 8.78. The zero-order valence-corrected chi connectivity index (χ0v) is 47.2. The second kappa shape index (κ2) is 35.7. The van der Waals surface area contributed by atoms with Crippen LogP contribution in [0.4, 0.5) is 0 Å². The second-order valence-electron chi connectivity index (χ2n) is 19.1. The molecule has 1 fully saturated rings. The number of benzene rings is 3. The molecule has 0 amide bonds. The summed E-state index contributed by atoms with van der Waals surface area (Å²) < 4.78 is 60.6. The van der Waals surface area contributed by atoms with Crippen LogP contribution in [0.5, 0.6) is 17.2 Å². The van der Waals surface area contributed by atoms with Crippen LogP contribution >= 0.6 is 0 Å². The lowest BCUT2D eigenvalue weighted by Crippen LogP contribution is -2.30. The molecule has 20 heteroatoms. The molecule has 6 rings (SSSR count). The molecule has 85 heavy (non-hydrogen) atoms. The number of hydrogen-bond donors (Lipinski definition) is 0. The Morgan fingerprint density at radius 1 is 0.506 bits per heavy atom. The Bertz CT molecular complexity index is 2960. The van der Waals surface area contributed by atoms with E-state index in [1.54, 1.807) is 54.6 Å². The first-order valence-electron chi connectivity index (χ1n) is 27.7. The molecule has 0 aromatic heterocycles. The highest BCUT2D eigenvalue weighted by Crippen LogP contribution is 2.45. The number of unbranched alkanes of at least 4 members (excludes halogenated alkanes) is 2. The van der Waals surface area contributed by atoms with Gasteiger partial charge in [0.15, 0.2) is 12.2 Å². The van der Waals surface area contributed by atoms with Crippen LogP contribution in [0.25, 0.3) is 0 Å². The number of ether oxygens (including phenoxy) is 11. The van der Waals surface area contributed by atoms with Crippen molar-refractivity contribution >= 4 is 53.7 Å². The van der Waals surface area contributed by atoms with Gasteiger partial charge in [0.05, 0.1) is 62.5 Å². The number of nitrogens with zero attached hydrogens (tertiary/aromatic N) is 2. The minimum Gasteiger partial charge on any atom is -0.490 e. The van der Waals surface area contributed by atoms with Crippen LogP contribution in [0.1, 0.15) is 63.9 Å². The van der Waals surface area contributed by atoms with E-state index in [4.69, 9.17) is 57.2 Å². The average molecular weight is 1170 g/mol. The molecule has 0 heterocycles. The number of hydrogen-bond acceptors (Lipinski definition) is 20. The summed E-state index contributed by atoms with van der Waals surface area (Å²) in [4.78, 5) is 85.6. The first-order chi connectivity index (χ1) is 41.4. The molecule has 3 aromatic carbocycles. The van der Waals surface area contributed by atoms with Gasteiger partial charge in [0.25, 0.3) is 0 Å². The number of rotatable bonds is 37. The second-order valence-corrected chi connectivity index (χ2v) is 19.1. The molecule has 0 bridgehead atoms. The minimum atomic E-state index is -0.863. The van der Waals surface area contributed by atoms with Crippen molar-refractivity contribution < 1.29 is 85.7 Å². The molecule has 0 radical (unpaired) electrons. The zero-order chi connectivity index (χ0) is 60.6. The normalized spacial score (nSPS) is 16.8. The van der Waals surface area contributed by atoms with Crippen molar-refractivity contribution in [1.82, 2.24) is 0 Å². The van der Waals surface area contributed by atoms with Gasteiger partial charge in [-0.3, -0.25) is 4.79 Å². The lowest BCUT2D eigenvalue weighted by Gasteiger charge is -2.20. The summed E-state index contributed by atoms with van der Waals surface area (Å²) in [6, 6.07) is 17.6. The summed E-state index contributed by atoms with van der Waals surface area (Å²) in [6.07, 6.45) is 23.3. The maximum Gasteiger partial charge on any atom is 0.343 e. The van der Waals surface area contributed by atoms with Gasteiger partial charge in [0.2, 0.25) is 0 Å². The van der Waals surface area contributed by atoms with Crippen LogP contribution in [0.15, 0.2) is 176 Å². The van der Waals surface area contributed by atoms with Crippen molar-refractivity contribution in [2.75, 3.05) is 66.1 Å². The van der Waals surface area contributed by atoms with Crippen molar-refractivity contribution in [3.8, 4) is 17.2 Å². The van der Waals surface area contributed by atoms with E-state index in [0.717, 1.165) is 35.6 Å². The van der Waals surface area contributed by atoms with Gasteiger partial charge in [-0.15, -0.1) is 0 Å². The first kappa shape index (κ1) is 64.9. The highest BCUT2D eigenvalue weighted by Gasteiger charge is 2.45. The fraction of sp³-hybridized carbons (Fsp3) is 0.338. The van der Waals surface area contributed by atoms with Crippen LogP contribution < -0.4 is 14.2 Å². The van der Waals surface area contributed by atoms with Gasteiger partial charge in [-0.05, 0) is 104 Å². The lowest BCUT2D eigenvalue weighted by molar-refractivity contribution is -0.156. The molecule has 3 aliphatic carbocycles. The summed E-state index contributed by atoms with van der Waals surface area (Å²) in [5.41, 5.74) is 2.57. The minimum absolute atomic E-state index is 0.00567. The molecule has 3 aromatic rings. The van der Waals surface area contributed by atoms with E-state index < -0.39 is 54.0 Å². The molecular formula is C65H70N2O18. The molecule has 0 saturated heterocycles. The highest BCUT2D eigenvalue weighted by atomic mass is 16.6. The third-order valence-electron chi connectivity index (χ3n) is 13.1. The molecule has 448 valence electrons. The largest absolute Gasteiger partial charge is 0.490 e. The molecule has 6 unspecified atom stereocenters. The van der Waals surface area contributed by atoms with Crippen molar-refractivity contribution in [1.29, 1.82) is 0 Å². The average Bonchev–Trinajstić information content (AvgIpc) is 2.50. The predicted octanol–water partition coefficient (Wildman–Crippen LogP) is 8.75. The first-order valence-corrected chi connectivity index (χ1v) is 27.7. The van der Waals surface area contributed by atoms with Gasteiger partial charge in [-0.2, -0.15) is 10.2 Å². The van der Waals surface area contributed by atoms with Crippen LogP contribution in [-0.4, -0.2) is 132 Å². The summed E-state index contributed by atoms with van der Waals surface area (Å²) in [6.45, 7) is 14.2. The van der Waals surface area contributed by atoms with Gasteiger partial charge in [-0.25, -0.2) is 28.8 Å². The van der Waals surface area contributed by atoms with E-state index >= 15 is 0 Å². The van der Waals surface area contributed by atoms with Crippen molar-refractivity contribution in [3.05, 3.63) is 188 Å². The van der Waals surface area contributed by atoms with E-state index in [1.807, 2.05) is 12.2 Å². The molecule has 3 aliphatic rings. The molecule has 0 aliphatic heterocycles. The molecule has 6 atom stereocenters. The Morgan fingerprint density at radius 2 is 1.00 bits per heavy atom. The van der Waals surface area contributed by atoms with E-state index in [2.05, 4.69) is 67.9 Å². The van der Waals surface area contributed by atoms with Crippen molar-refractivity contribution in [3.63, 3.8) is 0 Å². The predicted molar refractivity (Wildman–Crippen MR) is 313 cm³/mol. The molecule has 20 nitrogen and oxygen atoms in total. The lowest BCUT2D eigenvalue weighted by atomic mass is 9.83. The fourth-order valence-corrected chi connectivity index (χ4v) is 8.78. The van der Waals surface area contributed by atoms with Gasteiger partial charge < -0.3 is 52.1 Å². The Hall–Kier alpha value is -9.27. The van der Waals surface area contributed by atoms with Crippen molar-refractivity contribution in [2.45, 2.75) is 50.7 Å². The van der Waals surface area contributed by atoms with Crippen LogP contribution in [0, 0.1) is 23.7 Å². The summed E-state index contributed by atoms with van der Waals surface area (Å²) in [5.74, 6) is -2.70. The maximum atomic E-state index is 13.8. The van der Waals surface area contributed by atoms with E-state index in [0.29, 0.717) is 55.8 Å². The quantitative estimate of drug-likeness (QED) is 0.00995. The SMILES string of the molecule is C=CC(=O)OCCCCOCC(COc1ccc(C(=O)OCCc2ccc(OC(=O)c3ccc(OCC(COCCCCOC(=O)C=C)OC(=O)CCOC(=O)C=C)cc3)c(/C=N/N=C3C4C=CC=CC4C4C=CC=CC34)c2)cc1)OC(=O)C=C. The Morgan fingerprint density at radius 3 is 1.54 bits per heavy atom. The third-order valence-corrected chi connectivity index (χ3v) is 13.1. The number of esters is 7. The smallest absolute Gasteiger partial charge is 0.343 e. The van der Waals surface area contributed by atoms with Gasteiger partial charge in [-0.1, -0.05) is 81.0 Å². The number of allylic oxidation sites excluding steroid dienone is 8. The number of carbonyl (C=O) groups excluding carboxylic acids is 7. The molecule has 0 spiro atoms. The van der Waals surface area contributed by atoms with Crippen LogP contribution in [0.3, 0.4) is 0 Å². The topological polar surface area (TPSA) is 246 Å². The van der Waals surface area contributed by atoms with Gasteiger partial charge in [0, 0.05) is 61.3 Å². The Labute approximate surface area is 493 Å². The molecule has 1 saturated carbocycles. The van der Waals surface area contributed by atoms with E-state index in [1.165, 1.54) is 18.3 Å². The molecule has 0 N–H and O–H groups in total. The Kier molecular flexibility index (Phi) is 27.2. The van der Waals surface area contributed by atoms with Gasteiger partial charge in [0.1, 0.15) is 37.1 Å². The van der Waals surface area contributed by atoms with E-state index in [9.17, 15) is 33.6 Å². The summed E-state index contributed by atoms with van der Waals surface area (Å²) >= 11 is 0. The van der Waals surface area contributed by atoms with Gasteiger partial charge >= 0.3 is 41.8 Å². The zero-order valence-electron chi connectivity index (χ0n) is 47.2. The van der Waals surface area contributed by atoms with Crippen LogP contribution in [-0.2, 0) is 68.3 Å². The van der Waals surface area contributed by atoms with Crippen LogP contribution in [0.2, 0.25) is 0 Å². The summed E-state index contributed by atoms with van der Waals surface area (Å²) in [7, 11) is 0. The standard InChI is InChI=1S/C65H70N2O18/c1-5-58(68)77-35-15-13-33-75-41-51(83-61(71)8-4)43-81-49-26-22-46(23-27-49)64(73)80-37-31-45-21-30-57(48(39-45)40-66-67-63-55-19-11-9-17-53(55)54-18-10-12-20-56(54)63)85-65(74)47-24-28-50(29-25-47)82-44-52(84-62(72)32-38-79-60(70)7-3)42-76-34-14-16-36-78-59(69)6-2/h5-12,17-30,39-40,51-56H,1-4,13-16,31-38,41-44H2/b66-40+,67-63?. The van der Waals surface area contributed by atoms with Crippen molar-refractivity contribution in [2.24, 2.45) is 33.9 Å². The highest BCUT2D eigenvalue weighted by molar-refractivity contribution is 5.97. The third kappa shape index (κ3) is 22.1. The van der Waals surface area contributed by atoms with E-state index in [-0.39, 0.29) is 106 Å². The Balaban J connectivity index is 1.07. The maximum absolute atomic E-state index is 13.8. The number of fused-ring (bicyclic) bond motifs is 3. The summed E-state index contributed by atoms with van der Waals surface area (Å²) in [5, 5.41) is 9.33.